The highest BCUT2D eigenvalue weighted by Crippen LogP contribution is 2.03. The number of hydrogen-bond donors (Lipinski definition) is 0. The Kier molecular flexibility index (Phi) is 3.21. The highest BCUT2D eigenvalue weighted by molar-refractivity contribution is 5.14. The first-order chi connectivity index (χ1) is 5.43. The van der Waals surface area contributed by atoms with E-state index in [-0.39, 0.29) is 0 Å². The van der Waals surface area contributed by atoms with Gasteiger partial charge in [-0.05, 0) is 18.4 Å². The van der Waals surface area contributed by atoms with Crippen LogP contribution in [0.4, 0.5) is 0 Å². The minimum Gasteiger partial charge on any atom is -0.198 e. The second-order valence-corrected chi connectivity index (χ2v) is 2.50. The average molecular weight is 146 g/mol. The number of unbranched alkanes of at least 4 members (excludes halogenated alkanes) is 1. The summed E-state index contributed by atoms with van der Waals surface area (Å²) in [5.74, 6) is 0. The molecule has 1 aromatic carbocycles. The van der Waals surface area contributed by atoms with Gasteiger partial charge in [-0.25, -0.2) is 0 Å². The van der Waals surface area contributed by atoms with E-state index in [2.05, 4.69) is 18.2 Å². The molecule has 0 fully saturated rings. The van der Waals surface area contributed by atoms with Gasteiger partial charge in [0.15, 0.2) is 0 Å². The van der Waals surface area contributed by atoms with E-state index in [0.717, 1.165) is 12.8 Å². The maximum atomic E-state index is 8.29. The lowest BCUT2D eigenvalue weighted by atomic mass is 10.1. The van der Waals surface area contributed by atoms with Gasteiger partial charge in [0.25, 0.3) is 0 Å². The Morgan fingerprint density at radius 1 is 1.18 bits per heavy atom. The van der Waals surface area contributed by atoms with Crippen molar-refractivity contribution in [2.45, 2.75) is 19.3 Å². The molecule has 0 aliphatic heterocycles. The van der Waals surface area contributed by atoms with Gasteiger partial charge in [0.1, 0.15) is 0 Å². The van der Waals surface area contributed by atoms with Crippen LogP contribution < -0.4 is 0 Å². The van der Waals surface area contributed by atoms with Crippen molar-refractivity contribution in [2.75, 3.05) is 0 Å². The molecule has 1 nitrogen and oxygen atoms in total. The summed E-state index contributed by atoms with van der Waals surface area (Å²) >= 11 is 0. The fourth-order valence-electron chi connectivity index (χ4n) is 1.02. The zero-order valence-electron chi connectivity index (χ0n) is 6.46. The van der Waals surface area contributed by atoms with Gasteiger partial charge in [0.2, 0.25) is 0 Å². The summed E-state index contributed by atoms with van der Waals surface area (Å²) in [6, 6.07) is 12.4. The maximum Gasteiger partial charge on any atom is 0.0621 e. The van der Waals surface area contributed by atoms with Crippen molar-refractivity contribution in [3.63, 3.8) is 0 Å². The van der Waals surface area contributed by atoms with Crippen molar-refractivity contribution in [3.8, 4) is 6.07 Å². The molecule has 0 radical (unpaired) electrons. The fourth-order valence-corrected chi connectivity index (χ4v) is 1.02. The SMILES string of the molecule is [15N]#CCCCc1ccccc1. The number of hydrogen-bond acceptors (Lipinski definition) is 1. The van der Waals surface area contributed by atoms with Crippen LogP contribution in [0, 0.1) is 11.3 Å². The summed E-state index contributed by atoms with van der Waals surface area (Å²) in [5, 5.41) is 8.29. The summed E-state index contributed by atoms with van der Waals surface area (Å²) in [7, 11) is 0. The largest absolute Gasteiger partial charge is 0.198 e. The zero-order valence-corrected chi connectivity index (χ0v) is 6.46. The molecule has 0 saturated heterocycles. The Morgan fingerprint density at radius 3 is 2.55 bits per heavy atom. The Labute approximate surface area is 67.3 Å². The second-order valence-electron chi connectivity index (χ2n) is 2.50. The molecule has 0 spiro atoms. The lowest BCUT2D eigenvalue weighted by Crippen LogP contribution is -1.82. The third-order valence-electron chi connectivity index (χ3n) is 1.60. The normalized spacial score (nSPS) is 9.00. The van der Waals surface area contributed by atoms with E-state index in [4.69, 9.17) is 5.26 Å². The monoisotopic (exact) mass is 146 g/mol. The molecular formula is C10H11N. The van der Waals surface area contributed by atoms with E-state index in [0.29, 0.717) is 6.42 Å². The molecule has 0 saturated carbocycles. The fraction of sp³-hybridized carbons (Fsp3) is 0.300. The van der Waals surface area contributed by atoms with E-state index in [1.54, 1.807) is 0 Å². The zero-order chi connectivity index (χ0) is 7.94. The van der Waals surface area contributed by atoms with E-state index < -0.39 is 0 Å². The van der Waals surface area contributed by atoms with Crippen LogP contribution in [0.25, 0.3) is 0 Å². The maximum absolute atomic E-state index is 8.29. The van der Waals surface area contributed by atoms with Crippen LogP contribution in [0.5, 0.6) is 0 Å². The molecule has 1 rings (SSSR count). The van der Waals surface area contributed by atoms with Crippen LogP contribution in [-0.2, 0) is 6.42 Å². The molecule has 0 amide bonds. The van der Waals surface area contributed by atoms with E-state index in [1.807, 2.05) is 18.2 Å². The third kappa shape index (κ3) is 2.86. The van der Waals surface area contributed by atoms with Gasteiger partial charge in [0.05, 0.1) is 6.07 Å². The van der Waals surface area contributed by atoms with Gasteiger partial charge < -0.3 is 0 Å². The molecule has 0 bridgehead atoms. The standard InChI is InChI=1S/C10H11N/c11-9-5-4-8-10-6-2-1-3-7-10/h1-3,6-7H,4-5,8H2/i11+1. The van der Waals surface area contributed by atoms with Crippen LogP contribution >= 0.6 is 0 Å². The predicted molar refractivity (Wildman–Crippen MR) is 45.0 cm³/mol. The molecule has 0 N–H and O–H groups in total. The van der Waals surface area contributed by atoms with Gasteiger partial charge in [-0.3, -0.25) is 0 Å². The molecule has 0 heterocycles. The van der Waals surface area contributed by atoms with Crippen LogP contribution in [0.15, 0.2) is 30.3 Å². The third-order valence-corrected chi connectivity index (χ3v) is 1.60. The molecule has 1 aromatic rings. The number of nitriles is 1. The number of nitrogens with zero attached hydrogens (tertiary/aromatic N) is 1. The molecule has 0 aromatic heterocycles. The van der Waals surface area contributed by atoms with Crippen LogP contribution in [0.3, 0.4) is 0 Å². The van der Waals surface area contributed by atoms with E-state index in [9.17, 15) is 0 Å². The first kappa shape index (κ1) is 7.81. The van der Waals surface area contributed by atoms with Crippen LogP contribution in [-0.4, -0.2) is 0 Å². The van der Waals surface area contributed by atoms with Crippen LogP contribution in [0.2, 0.25) is 0 Å². The Balaban J connectivity index is 2.35. The second kappa shape index (κ2) is 4.51. The number of benzene rings is 1. The Hall–Kier alpha value is -1.29. The number of aryl methyl sites for hydroxylation is 1. The minimum atomic E-state index is 0.662. The van der Waals surface area contributed by atoms with Crippen molar-refractivity contribution in [1.82, 2.24) is 0 Å². The smallest absolute Gasteiger partial charge is 0.0621 e. The van der Waals surface area contributed by atoms with Crippen LogP contribution in [0.1, 0.15) is 18.4 Å². The molecule has 1 heteroatoms. The number of rotatable bonds is 3. The van der Waals surface area contributed by atoms with Gasteiger partial charge in [-0.15, -0.1) is 0 Å². The summed E-state index contributed by atoms with van der Waals surface area (Å²) in [6.45, 7) is 0. The minimum absolute atomic E-state index is 0.662. The Morgan fingerprint density at radius 2 is 1.91 bits per heavy atom. The predicted octanol–water partition coefficient (Wildman–Crippen LogP) is 2.53. The van der Waals surface area contributed by atoms with Crippen molar-refractivity contribution in [3.05, 3.63) is 35.9 Å². The van der Waals surface area contributed by atoms with Gasteiger partial charge >= 0.3 is 0 Å². The molecule has 11 heavy (non-hydrogen) atoms. The average Bonchev–Trinajstić information content (AvgIpc) is 2.07. The highest BCUT2D eigenvalue weighted by atomic mass is 15.1. The van der Waals surface area contributed by atoms with Crippen molar-refractivity contribution in [2.24, 2.45) is 0 Å². The van der Waals surface area contributed by atoms with Crippen molar-refractivity contribution < 1.29 is 0 Å². The molecular weight excluding hydrogens is 135 g/mol. The lowest BCUT2D eigenvalue weighted by molar-refractivity contribution is 0.850. The lowest BCUT2D eigenvalue weighted by Gasteiger charge is -1.95. The van der Waals surface area contributed by atoms with Crippen molar-refractivity contribution in [1.29, 1.82) is 5.26 Å². The van der Waals surface area contributed by atoms with Gasteiger partial charge in [-0.2, -0.15) is 5.26 Å². The Bertz CT molecular complexity index is 233. The van der Waals surface area contributed by atoms with E-state index >= 15 is 0 Å². The van der Waals surface area contributed by atoms with E-state index in [1.165, 1.54) is 5.56 Å². The quantitative estimate of drug-likeness (QED) is 0.475. The summed E-state index contributed by atoms with van der Waals surface area (Å²) in [5.41, 5.74) is 1.32. The highest BCUT2D eigenvalue weighted by Gasteiger charge is 1.89. The topological polar surface area (TPSA) is 23.8 Å². The summed E-state index contributed by atoms with van der Waals surface area (Å²) < 4.78 is 0. The summed E-state index contributed by atoms with van der Waals surface area (Å²) in [4.78, 5) is 0. The van der Waals surface area contributed by atoms with Crippen molar-refractivity contribution >= 4 is 0 Å². The molecule has 0 aliphatic carbocycles. The molecule has 0 atom stereocenters. The molecule has 56 valence electrons. The molecule has 0 aliphatic rings. The first-order valence-electron chi connectivity index (χ1n) is 3.84. The van der Waals surface area contributed by atoms with Gasteiger partial charge in [0, 0.05) is 6.42 Å². The molecule has 0 unspecified atom stereocenters. The summed E-state index contributed by atoms with van der Waals surface area (Å²) in [6.07, 6.45) is 2.66. The first-order valence-corrected chi connectivity index (χ1v) is 3.84. The van der Waals surface area contributed by atoms with Gasteiger partial charge in [-0.1, -0.05) is 30.3 Å².